The van der Waals surface area contributed by atoms with E-state index in [1.54, 1.807) is 0 Å². The van der Waals surface area contributed by atoms with Gasteiger partial charge >= 0.3 is 0 Å². The molecule has 80 valence electrons. The number of hydrogen-bond donors (Lipinski definition) is 1. The summed E-state index contributed by atoms with van der Waals surface area (Å²) in [5.74, 6) is 4.59. The van der Waals surface area contributed by atoms with Crippen molar-refractivity contribution in [2.24, 2.45) is 5.73 Å². The molecule has 2 N–H and O–H groups in total. The summed E-state index contributed by atoms with van der Waals surface area (Å²) in [6.45, 7) is 2.22. The second-order valence-electron chi connectivity index (χ2n) is 3.54. The predicted molar refractivity (Wildman–Crippen MR) is 59.6 cm³/mol. The molecule has 0 radical (unpaired) electrons. The van der Waals surface area contributed by atoms with Gasteiger partial charge in [-0.15, -0.1) is 0 Å². The van der Waals surface area contributed by atoms with Gasteiger partial charge in [0.05, 0.1) is 0 Å². The number of carbonyl (C=O) groups is 1. The maximum Gasteiger partial charge on any atom is 0.293 e. The first-order valence-electron chi connectivity index (χ1n) is 5.55. The Balaban J connectivity index is 3.07. The van der Waals surface area contributed by atoms with E-state index in [1.165, 1.54) is 38.5 Å². The highest BCUT2D eigenvalue weighted by atomic mass is 16.1. The molecule has 0 aliphatic rings. The molecule has 0 aromatic heterocycles. The number of amides is 1. The molecule has 0 spiro atoms. The number of primary amides is 1. The second-order valence-corrected chi connectivity index (χ2v) is 3.54. The summed E-state index contributed by atoms with van der Waals surface area (Å²) in [5.41, 5.74) is 4.88. The normalized spacial score (nSPS) is 9.21. The smallest absolute Gasteiger partial charge is 0.293 e. The van der Waals surface area contributed by atoms with E-state index in [1.807, 2.05) is 0 Å². The van der Waals surface area contributed by atoms with Gasteiger partial charge in [0, 0.05) is 6.42 Å². The first-order valence-corrected chi connectivity index (χ1v) is 5.55. The molecule has 2 heteroatoms. The van der Waals surface area contributed by atoms with Gasteiger partial charge in [-0.25, -0.2) is 0 Å². The highest BCUT2D eigenvalue weighted by molar-refractivity contribution is 5.91. The van der Waals surface area contributed by atoms with E-state index in [2.05, 4.69) is 18.8 Å². The lowest BCUT2D eigenvalue weighted by atomic mass is 10.1. The van der Waals surface area contributed by atoms with Crippen LogP contribution < -0.4 is 5.73 Å². The van der Waals surface area contributed by atoms with Crippen LogP contribution in [-0.2, 0) is 4.79 Å². The highest BCUT2D eigenvalue weighted by Crippen LogP contribution is 2.07. The maximum absolute atomic E-state index is 10.3. The molecule has 0 heterocycles. The Morgan fingerprint density at radius 3 is 2.21 bits per heavy atom. The SMILES string of the molecule is CCCCCCCCCC#CC(N)=O. The number of unbranched alkanes of at least 4 members (excludes halogenated alkanes) is 7. The van der Waals surface area contributed by atoms with Crippen LogP contribution in [0.25, 0.3) is 0 Å². The van der Waals surface area contributed by atoms with Crippen LogP contribution in [0.3, 0.4) is 0 Å². The summed E-state index contributed by atoms with van der Waals surface area (Å²) in [6.07, 6.45) is 9.73. The van der Waals surface area contributed by atoms with Crippen molar-refractivity contribution in [1.29, 1.82) is 0 Å². The molecule has 0 bridgehead atoms. The van der Waals surface area contributed by atoms with Gasteiger partial charge in [-0.1, -0.05) is 51.4 Å². The minimum Gasteiger partial charge on any atom is -0.359 e. The third-order valence-corrected chi connectivity index (χ3v) is 2.12. The molecular formula is C12H21NO. The molecule has 0 aliphatic carbocycles. The van der Waals surface area contributed by atoms with Crippen molar-refractivity contribution in [3.63, 3.8) is 0 Å². The van der Waals surface area contributed by atoms with Gasteiger partial charge in [0.1, 0.15) is 0 Å². The average Bonchev–Trinajstić information content (AvgIpc) is 2.15. The minimum atomic E-state index is -0.520. The van der Waals surface area contributed by atoms with Crippen LogP contribution in [0.2, 0.25) is 0 Å². The van der Waals surface area contributed by atoms with E-state index < -0.39 is 5.91 Å². The standard InChI is InChI=1S/C12H21NO/c1-2-3-4-5-6-7-8-9-10-11-12(13)14/h2-9H2,1H3,(H2,13,14). The second kappa shape index (κ2) is 10.1. The molecule has 0 fully saturated rings. The summed E-state index contributed by atoms with van der Waals surface area (Å²) >= 11 is 0. The molecule has 2 nitrogen and oxygen atoms in total. The van der Waals surface area contributed by atoms with Gasteiger partial charge in [-0.3, -0.25) is 4.79 Å². The Bertz CT molecular complexity index is 200. The summed E-state index contributed by atoms with van der Waals surface area (Å²) in [7, 11) is 0. The molecule has 0 aromatic rings. The molecule has 0 rings (SSSR count). The minimum absolute atomic E-state index is 0.520. The fourth-order valence-corrected chi connectivity index (χ4v) is 1.32. The maximum atomic E-state index is 10.3. The van der Waals surface area contributed by atoms with Crippen LogP contribution in [0, 0.1) is 11.8 Å². The van der Waals surface area contributed by atoms with Crippen LogP contribution in [0.5, 0.6) is 0 Å². The molecule has 1 amide bonds. The molecule has 0 atom stereocenters. The van der Waals surface area contributed by atoms with E-state index >= 15 is 0 Å². The van der Waals surface area contributed by atoms with Crippen LogP contribution in [0.1, 0.15) is 58.3 Å². The summed E-state index contributed by atoms with van der Waals surface area (Å²) in [6, 6.07) is 0. The van der Waals surface area contributed by atoms with E-state index in [-0.39, 0.29) is 0 Å². The lowest BCUT2D eigenvalue weighted by Gasteiger charge is -1.97. The third kappa shape index (κ3) is 11.0. The number of carbonyl (C=O) groups excluding carboxylic acids is 1. The fourth-order valence-electron chi connectivity index (χ4n) is 1.32. The summed E-state index contributed by atoms with van der Waals surface area (Å²) in [4.78, 5) is 10.3. The zero-order valence-corrected chi connectivity index (χ0v) is 9.14. The van der Waals surface area contributed by atoms with Crippen LogP contribution in [0.4, 0.5) is 0 Å². The number of rotatable bonds is 7. The van der Waals surface area contributed by atoms with Crippen molar-refractivity contribution >= 4 is 5.91 Å². The average molecular weight is 195 g/mol. The predicted octanol–water partition coefficient (Wildman–Crippen LogP) is 2.62. The monoisotopic (exact) mass is 195 g/mol. The van der Waals surface area contributed by atoms with Crippen molar-refractivity contribution in [3.05, 3.63) is 0 Å². The summed E-state index contributed by atoms with van der Waals surface area (Å²) in [5, 5.41) is 0. The van der Waals surface area contributed by atoms with Gasteiger partial charge in [-0.2, -0.15) is 0 Å². The number of hydrogen-bond acceptors (Lipinski definition) is 1. The first kappa shape index (κ1) is 13.0. The Morgan fingerprint density at radius 2 is 1.64 bits per heavy atom. The summed E-state index contributed by atoms with van der Waals surface area (Å²) < 4.78 is 0. The van der Waals surface area contributed by atoms with Gasteiger partial charge in [0.15, 0.2) is 0 Å². The van der Waals surface area contributed by atoms with Gasteiger partial charge < -0.3 is 5.73 Å². The third-order valence-electron chi connectivity index (χ3n) is 2.12. The van der Waals surface area contributed by atoms with Crippen molar-refractivity contribution in [2.75, 3.05) is 0 Å². The molecule has 0 aromatic carbocycles. The van der Waals surface area contributed by atoms with Crippen molar-refractivity contribution in [1.82, 2.24) is 0 Å². The quantitative estimate of drug-likeness (QED) is 0.492. The first-order chi connectivity index (χ1) is 6.77. The van der Waals surface area contributed by atoms with Crippen molar-refractivity contribution in [2.45, 2.75) is 58.3 Å². The van der Waals surface area contributed by atoms with Crippen LogP contribution in [0.15, 0.2) is 0 Å². The van der Waals surface area contributed by atoms with E-state index in [0.717, 1.165) is 12.8 Å². The lowest BCUT2D eigenvalue weighted by molar-refractivity contribution is -0.112. The Kier molecular flexibility index (Phi) is 9.41. The van der Waals surface area contributed by atoms with E-state index in [0.29, 0.717) is 0 Å². The van der Waals surface area contributed by atoms with Crippen LogP contribution >= 0.6 is 0 Å². The largest absolute Gasteiger partial charge is 0.359 e. The lowest BCUT2D eigenvalue weighted by Crippen LogP contribution is -2.05. The zero-order valence-electron chi connectivity index (χ0n) is 9.14. The topological polar surface area (TPSA) is 43.1 Å². The molecule has 0 unspecified atom stereocenters. The van der Waals surface area contributed by atoms with Gasteiger partial charge in [0.2, 0.25) is 0 Å². The van der Waals surface area contributed by atoms with Crippen molar-refractivity contribution < 1.29 is 4.79 Å². The van der Waals surface area contributed by atoms with Gasteiger partial charge in [-0.05, 0) is 12.3 Å². The molecule has 0 aliphatic heterocycles. The molecule has 0 saturated heterocycles. The Hall–Kier alpha value is -0.970. The van der Waals surface area contributed by atoms with E-state index in [4.69, 9.17) is 5.73 Å². The fraction of sp³-hybridized carbons (Fsp3) is 0.750. The van der Waals surface area contributed by atoms with Crippen molar-refractivity contribution in [3.8, 4) is 11.8 Å². The molecule has 0 saturated carbocycles. The van der Waals surface area contributed by atoms with Crippen LogP contribution in [-0.4, -0.2) is 5.91 Å². The molecule has 14 heavy (non-hydrogen) atoms. The Labute approximate surface area is 87.3 Å². The zero-order chi connectivity index (χ0) is 10.6. The number of nitrogens with two attached hydrogens (primary N) is 1. The van der Waals surface area contributed by atoms with Gasteiger partial charge in [0.25, 0.3) is 5.91 Å². The Morgan fingerprint density at radius 1 is 1.07 bits per heavy atom. The van der Waals surface area contributed by atoms with E-state index in [9.17, 15) is 4.79 Å². The molecular weight excluding hydrogens is 174 g/mol. The highest BCUT2D eigenvalue weighted by Gasteiger charge is 1.89.